The SMILES string of the molecule is CCCCN=C(NCC)NC1CCN(c2ccc(F)cc2F)C1.I. The van der Waals surface area contributed by atoms with E-state index in [1.165, 1.54) is 12.1 Å². The largest absolute Gasteiger partial charge is 0.367 e. The van der Waals surface area contributed by atoms with Gasteiger partial charge in [-0.2, -0.15) is 0 Å². The normalized spacial score (nSPS) is 17.6. The van der Waals surface area contributed by atoms with Crippen molar-refractivity contribution < 1.29 is 8.78 Å². The molecule has 1 aliphatic rings. The molecule has 0 bridgehead atoms. The van der Waals surface area contributed by atoms with Gasteiger partial charge in [-0.3, -0.25) is 4.99 Å². The fraction of sp³-hybridized carbons (Fsp3) is 0.588. The van der Waals surface area contributed by atoms with Gasteiger partial charge in [0.2, 0.25) is 0 Å². The maximum atomic E-state index is 13.9. The molecule has 0 aliphatic carbocycles. The fourth-order valence-corrected chi connectivity index (χ4v) is 2.70. The van der Waals surface area contributed by atoms with Crippen LogP contribution < -0.4 is 15.5 Å². The summed E-state index contributed by atoms with van der Waals surface area (Å²) in [7, 11) is 0. The molecule has 2 rings (SSSR count). The predicted octanol–water partition coefficient (Wildman–Crippen LogP) is 3.52. The van der Waals surface area contributed by atoms with Gasteiger partial charge in [-0.05, 0) is 31.9 Å². The number of nitrogens with one attached hydrogen (secondary N) is 2. The molecule has 1 aromatic carbocycles. The highest BCUT2D eigenvalue weighted by Gasteiger charge is 2.25. The summed E-state index contributed by atoms with van der Waals surface area (Å²) < 4.78 is 26.9. The number of halogens is 3. The number of hydrogen-bond donors (Lipinski definition) is 2. The topological polar surface area (TPSA) is 39.7 Å². The first-order chi connectivity index (χ1) is 11.1. The standard InChI is InChI=1S/C17H26F2N4.HI/c1-3-5-9-21-17(20-4-2)22-14-8-10-23(12-14)16-7-6-13(18)11-15(16)19;/h6-7,11,14H,3-5,8-10,12H2,1-2H3,(H2,20,21,22);1H. The molecule has 1 fully saturated rings. The molecule has 1 saturated heterocycles. The molecule has 2 N–H and O–H groups in total. The zero-order chi connectivity index (χ0) is 16.7. The Morgan fingerprint density at radius 3 is 2.79 bits per heavy atom. The van der Waals surface area contributed by atoms with Crippen LogP contribution in [0.2, 0.25) is 0 Å². The smallest absolute Gasteiger partial charge is 0.191 e. The van der Waals surface area contributed by atoms with Gasteiger partial charge in [0.15, 0.2) is 5.96 Å². The van der Waals surface area contributed by atoms with Gasteiger partial charge in [0.05, 0.1) is 5.69 Å². The highest BCUT2D eigenvalue weighted by Crippen LogP contribution is 2.24. The number of hydrogen-bond acceptors (Lipinski definition) is 2. The van der Waals surface area contributed by atoms with Gasteiger partial charge < -0.3 is 15.5 Å². The van der Waals surface area contributed by atoms with E-state index < -0.39 is 11.6 Å². The van der Waals surface area contributed by atoms with E-state index in [0.717, 1.165) is 50.9 Å². The summed E-state index contributed by atoms with van der Waals surface area (Å²) in [5.41, 5.74) is 0.462. The van der Waals surface area contributed by atoms with Crippen molar-refractivity contribution in [1.29, 1.82) is 0 Å². The molecule has 0 amide bonds. The molecule has 1 atom stereocenters. The molecule has 0 radical (unpaired) electrons. The minimum atomic E-state index is -0.544. The number of benzene rings is 1. The molecule has 0 spiro atoms. The monoisotopic (exact) mass is 452 g/mol. The van der Waals surface area contributed by atoms with E-state index in [2.05, 4.69) is 22.5 Å². The van der Waals surface area contributed by atoms with Crippen molar-refractivity contribution in [2.24, 2.45) is 4.99 Å². The van der Waals surface area contributed by atoms with Crippen molar-refractivity contribution in [1.82, 2.24) is 10.6 Å². The highest BCUT2D eigenvalue weighted by atomic mass is 127. The quantitative estimate of drug-likeness (QED) is 0.301. The molecule has 24 heavy (non-hydrogen) atoms. The van der Waals surface area contributed by atoms with Crippen molar-refractivity contribution in [3.8, 4) is 0 Å². The lowest BCUT2D eigenvalue weighted by atomic mass is 10.2. The Balaban J connectivity index is 0.00000288. The van der Waals surface area contributed by atoms with Gasteiger partial charge >= 0.3 is 0 Å². The van der Waals surface area contributed by atoms with Crippen LogP contribution in [0.15, 0.2) is 23.2 Å². The van der Waals surface area contributed by atoms with E-state index in [1.807, 2.05) is 11.8 Å². The third-order valence-electron chi connectivity index (χ3n) is 3.91. The molecule has 0 aromatic heterocycles. The van der Waals surface area contributed by atoms with Crippen LogP contribution in [-0.4, -0.2) is 38.2 Å². The van der Waals surface area contributed by atoms with Crippen molar-refractivity contribution in [3.63, 3.8) is 0 Å². The maximum absolute atomic E-state index is 13.9. The molecule has 1 unspecified atom stereocenters. The van der Waals surface area contributed by atoms with Gasteiger partial charge in [-0.1, -0.05) is 13.3 Å². The lowest BCUT2D eigenvalue weighted by molar-refractivity contribution is 0.580. The van der Waals surface area contributed by atoms with Gasteiger partial charge in [-0.25, -0.2) is 8.78 Å². The molecule has 1 aromatic rings. The predicted molar refractivity (Wildman–Crippen MR) is 106 cm³/mol. The van der Waals surface area contributed by atoms with E-state index in [4.69, 9.17) is 0 Å². The first-order valence-corrected chi connectivity index (χ1v) is 8.38. The van der Waals surface area contributed by atoms with Gasteiger partial charge in [0.25, 0.3) is 0 Å². The summed E-state index contributed by atoms with van der Waals surface area (Å²) in [4.78, 5) is 6.49. The minimum absolute atomic E-state index is 0. The van der Waals surface area contributed by atoms with E-state index in [9.17, 15) is 8.78 Å². The fourth-order valence-electron chi connectivity index (χ4n) is 2.70. The zero-order valence-electron chi connectivity index (χ0n) is 14.3. The Morgan fingerprint density at radius 1 is 1.33 bits per heavy atom. The van der Waals surface area contributed by atoms with Crippen LogP contribution >= 0.6 is 24.0 Å². The molecule has 4 nitrogen and oxygen atoms in total. The van der Waals surface area contributed by atoms with Crippen LogP contribution in [0.4, 0.5) is 14.5 Å². The maximum Gasteiger partial charge on any atom is 0.191 e. The van der Waals surface area contributed by atoms with Crippen molar-refractivity contribution >= 4 is 35.6 Å². The highest BCUT2D eigenvalue weighted by molar-refractivity contribution is 14.0. The van der Waals surface area contributed by atoms with E-state index in [1.54, 1.807) is 0 Å². The first kappa shape index (κ1) is 20.9. The summed E-state index contributed by atoms with van der Waals surface area (Å²) >= 11 is 0. The number of unbranched alkanes of at least 4 members (excludes halogenated alkanes) is 1. The molecule has 1 aliphatic heterocycles. The average molecular weight is 452 g/mol. The summed E-state index contributed by atoms with van der Waals surface area (Å²) in [5, 5.41) is 6.65. The van der Waals surface area contributed by atoms with Gasteiger partial charge in [0, 0.05) is 38.3 Å². The van der Waals surface area contributed by atoms with E-state index in [0.29, 0.717) is 12.2 Å². The Hall–Kier alpha value is -1.12. The van der Waals surface area contributed by atoms with Crippen molar-refractivity contribution in [2.45, 2.75) is 39.2 Å². The third kappa shape index (κ3) is 6.07. The lowest BCUT2D eigenvalue weighted by Gasteiger charge is -2.21. The van der Waals surface area contributed by atoms with Crippen LogP contribution in [0, 0.1) is 11.6 Å². The summed E-state index contributed by atoms with van der Waals surface area (Å²) in [6.07, 6.45) is 3.08. The Bertz CT molecular complexity index is 539. The second-order valence-corrected chi connectivity index (χ2v) is 5.79. The Kier molecular flexibility index (Phi) is 9.31. The van der Waals surface area contributed by atoms with Crippen molar-refractivity contribution in [3.05, 3.63) is 29.8 Å². The Morgan fingerprint density at radius 2 is 2.12 bits per heavy atom. The molecule has 1 heterocycles. The molecular weight excluding hydrogens is 425 g/mol. The van der Waals surface area contributed by atoms with Crippen LogP contribution in [0.3, 0.4) is 0 Å². The summed E-state index contributed by atoms with van der Waals surface area (Å²) in [5.74, 6) is -0.237. The average Bonchev–Trinajstić information content (AvgIpc) is 2.96. The van der Waals surface area contributed by atoms with Gasteiger partial charge in [0.1, 0.15) is 11.6 Å². The minimum Gasteiger partial charge on any atom is -0.367 e. The zero-order valence-corrected chi connectivity index (χ0v) is 16.6. The summed E-state index contributed by atoms with van der Waals surface area (Å²) in [6, 6.07) is 3.95. The first-order valence-electron chi connectivity index (χ1n) is 8.38. The molecule has 0 saturated carbocycles. The van der Waals surface area contributed by atoms with Crippen molar-refractivity contribution in [2.75, 3.05) is 31.1 Å². The number of nitrogens with zero attached hydrogens (tertiary/aromatic N) is 2. The second kappa shape index (κ2) is 10.7. The van der Waals surface area contributed by atoms with Crippen LogP contribution in [0.5, 0.6) is 0 Å². The number of anilines is 1. The summed E-state index contributed by atoms with van der Waals surface area (Å²) in [6.45, 7) is 7.21. The molecule has 7 heteroatoms. The van der Waals surface area contributed by atoms with Crippen LogP contribution in [0.25, 0.3) is 0 Å². The van der Waals surface area contributed by atoms with Gasteiger partial charge in [-0.15, -0.1) is 24.0 Å². The third-order valence-corrected chi connectivity index (χ3v) is 3.91. The Labute approximate surface area is 160 Å². The number of guanidine groups is 1. The number of rotatable bonds is 6. The molecule has 136 valence electrons. The molecular formula is C17H27F2IN4. The van der Waals surface area contributed by atoms with E-state index >= 15 is 0 Å². The lowest BCUT2D eigenvalue weighted by Crippen LogP contribution is -2.44. The van der Waals surface area contributed by atoms with Crippen LogP contribution in [-0.2, 0) is 0 Å². The van der Waals surface area contributed by atoms with Crippen LogP contribution in [0.1, 0.15) is 33.1 Å². The second-order valence-electron chi connectivity index (χ2n) is 5.79. The number of aliphatic imine (C=N–C) groups is 1. The van der Waals surface area contributed by atoms with E-state index in [-0.39, 0.29) is 30.0 Å².